The fourth-order valence-corrected chi connectivity index (χ4v) is 2.30. The van der Waals surface area contributed by atoms with Gasteiger partial charge in [0, 0.05) is 18.3 Å². The first-order chi connectivity index (χ1) is 7.25. The van der Waals surface area contributed by atoms with Crippen LogP contribution >= 0.6 is 11.6 Å². The quantitative estimate of drug-likeness (QED) is 0.797. The number of hydrogen-bond donors (Lipinski definition) is 1. The van der Waals surface area contributed by atoms with Crippen molar-refractivity contribution in [2.75, 3.05) is 0 Å². The Morgan fingerprint density at radius 2 is 2.13 bits per heavy atom. The lowest BCUT2D eigenvalue weighted by atomic mass is 10.1. The Morgan fingerprint density at radius 3 is 2.73 bits per heavy atom. The van der Waals surface area contributed by atoms with Crippen LogP contribution in [0.3, 0.4) is 0 Å². The molecule has 15 heavy (non-hydrogen) atoms. The fraction of sp³-hybridized carbons (Fsp3) is 0.583. The van der Waals surface area contributed by atoms with Gasteiger partial charge in [-0.2, -0.15) is 0 Å². The van der Waals surface area contributed by atoms with Gasteiger partial charge in [0.25, 0.3) is 0 Å². The number of hydrogen-bond acceptors (Lipinski definition) is 2. The van der Waals surface area contributed by atoms with Gasteiger partial charge < -0.3 is 5.32 Å². The van der Waals surface area contributed by atoms with Gasteiger partial charge in [-0.3, -0.25) is 0 Å². The average Bonchev–Trinajstić information content (AvgIpc) is 2.71. The van der Waals surface area contributed by atoms with E-state index in [1.165, 1.54) is 31.2 Å². The molecule has 1 N–H and O–H groups in total. The number of nitrogens with one attached hydrogen (secondary N) is 1. The van der Waals surface area contributed by atoms with Crippen molar-refractivity contribution in [1.29, 1.82) is 0 Å². The highest BCUT2D eigenvalue weighted by atomic mass is 35.5. The van der Waals surface area contributed by atoms with E-state index in [4.69, 9.17) is 11.6 Å². The smallest absolute Gasteiger partial charge is 0.129 e. The number of rotatable bonds is 3. The van der Waals surface area contributed by atoms with Crippen molar-refractivity contribution in [3.63, 3.8) is 0 Å². The molecule has 82 valence electrons. The van der Waals surface area contributed by atoms with Crippen LogP contribution in [0.15, 0.2) is 18.3 Å². The summed E-state index contributed by atoms with van der Waals surface area (Å²) in [5, 5.41) is 4.19. The first-order valence-corrected chi connectivity index (χ1v) is 6.01. The van der Waals surface area contributed by atoms with E-state index >= 15 is 0 Å². The van der Waals surface area contributed by atoms with Gasteiger partial charge in [-0.25, -0.2) is 4.98 Å². The van der Waals surface area contributed by atoms with Gasteiger partial charge in [-0.05, 0) is 31.4 Å². The maximum Gasteiger partial charge on any atom is 0.129 e. The molecule has 1 fully saturated rings. The Hall–Kier alpha value is -0.600. The van der Waals surface area contributed by atoms with E-state index in [2.05, 4.69) is 17.2 Å². The van der Waals surface area contributed by atoms with Crippen LogP contribution in [0.5, 0.6) is 0 Å². The third-order valence-corrected chi connectivity index (χ3v) is 3.31. The van der Waals surface area contributed by atoms with E-state index < -0.39 is 0 Å². The zero-order chi connectivity index (χ0) is 10.7. The first-order valence-electron chi connectivity index (χ1n) is 5.63. The molecule has 0 aliphatic heterocycles. The molecule has 0 saturated heterocycles. The Morgan fingerprint density at radius 1 is 1.40 bits per heavy atom. The van der Waals surface area contributed by atoms with Crippen molar-refractivity contribution in [1.82, 2.24) is 10.3 Å². The lowest BCUT2D eigenvalue weighted by Crippen LogP contribution is -2.28. The minimum atomic E-state index is 0.373. The van der Waals surface area contributed by atoms with Crippen molar-refractivity contribution in [2.24, 2.45) is 0 Å². The summed E-state index contributed by atoms with van der Waals surface area (Å²) in [5.74, 6) is 0. The topological polar surface area (TPSA) is 24.9 Å². The van der Waals surface area contributed by atoms with Crippen LogP contribution in [-0.2, 0) is 0 Å². The van der Waals surface area contributed by atoms with E-state index in [0.717, 1.165) is 0 Å². The Kier molecular flexibility index (Phi) is 3.60. The monoisotopic (exact) mass is 224 g/mol. The van der Waals surface area contributed by atoms with Crippen molar-refractivity contribution < 1.29 is 0 Å². The number of halogens is 1. The van der Waals surface area contributed by atoms with Gasteiger partial charge in [0.15, 0.2) is 0 Å². The average molecular weight is 225 g/mol. The molecule has 2 nitrogen and oxygen atoms in total. The minimum absolute atomic E-state index is 0.373. The highest BCUT2D eigenvalue weighted by Gasteiger charge is 2.17. The van der Waals surface area contributed by atoms with Crippen molar-refractivity contribution in [3.8, 4) is 0 Å². The summed E-state index contributed by atoms with van der Waals surface area (Å²) >= 11 is 5.76. The van der Waals surface area contributed by atoms with Crippen LogP contribution in [0.1, 0.15) is 44.2 Å². The van der Waals surface area contributed by atoms with Crippen LogP contribution in [0.25, 0.3) is 0 Å². The molecule has 1 unspecified atom stereocenters. The zero-order valence-electron chi connectivity index (χ0n) is 9.04. The molecule has 2 rings (SSSR count). The fourth-order valence-electron chi connectivity index (χ4n) is 2.19. The molecule has 1 aromatic rings. The minimum Gasteiger partial charge on any atom is -0.307 e. The summed E-state index contributed by atoms with van der Waals surface area (Å²) in [6, 6.07) is 4.96. The van der Waals surface area contributed by atoms with E-state index in [-0.39, 0.29) is 0 Å². The lowest BCUT2D eigenvalue weighted by Gasteiger charge is -2.19. The van der Waals surface area contributed by atoms with Crippen LogP contribution < -0.4 is 5.32 Å². The molecule has 1 aromatic heterocycles. The largest absolute Gasteiger partial charge is 0.307 e. The van der Waals surface area contributed by atoms with Crippen LogP contribution in [0.4, 0.5) is 0 Å². The van der Waals surface area contributed by atoms with Gasteiger partial charge in [-0.15, -0.1) is 0 Å². The van der Waals surface area contributed by atoms with Crippen molar-refractivity contribution >= 4 is 11.6 Å². The number of pyridine rings is 1. The summed E-state index contributed by atoms with van der Waals surface area (Å²) in [4.78, 5) is 4.10. The van der Waals surface area contributed by atoms with Crippen LogP contribution in [0.2, 0.25) is 5.15 Å². The number of nitrogens with zero attached hydrogens (tertiary/aromatic N) is 1. The molecule has 0 spiro atoms. The van der Waals surface area contributed by atoms with Gasteiger partial charge in [-0.1, -0.05) is 30.5 Å². The van der Waals surface area contributed by atoms with Crippen molar-refractivity contribution in [2.45, 2.75) is 44.7 Å². The van der Waals surface area contributed by atoms with Crippen LogP contribution in [-0.4, -0.2) is 11.0 Å². The normalized spacial score (nSPS) is 19.3. The van der Waals surface area contributed by atoms with Gasteiger partial charge in [0.1, 0.15) is 5.15 Å². The zero-order valence-corrected chi connectivity index (χ0v) is 9.80. The van der Waals surface area contributed by atoms with Gasteiger partial charge >= 0.3 is 0 Å². The first kappa shape index (κ1) is 10.9. The van der Waals surface area contributed by atoms with Crippen LogP contribution in [0, 0.1) is 0 Å². The number of aromatic nitrogens is 1. The molecular formula is C12H17ClN2. The molecular weight excluding hydrogens is 208 g/mol. The Labute approximate surface area is 96.1 Å². The molecule has 0 aromatic carbocycles. The second kappa shape index (κ2) is 4.95. The highest BCUT2D eigenvalue weighted by molar-refractivity contribution is 6.29. The third-order valence-electron chi connectivity index (χ3n) is 3.09. The third kappa shape index (κ3) is 2.93. The van der Waals surface area contributed by atoms with Crippen molar-refractivity contribution in [3.05, 3.63) is 29.0 Å². The van der Waals surface area contributed by atoms with E-state index in [1.807, 2.05) is 18.3 Å². The molecule has 0 bridgehead atoms. The summed E-state index contributed by atoms with van der Waals surface area (Å²) in [7, 11) is 0. The standard InChI is InChI=1S/C12H17ClN2/c1-9(15-11-4-2-3-5-11)10-6-7-12(13)14-8-10/h6-9,11,15H,2-5H2,1H3. The lowest BCUT2D eigenvalue weighted by molar-refractivity contribution is 0.461. The SMILES string of the molecule is CC(NC1CCCC1)c1ccc(Cl)nc1. The summed E-state index contributed by atoms with van der Waals surface area (Å²) in [6.45, 7) is 2.18. The maximum absolute atomic E-state index is 5.76. The Bertz CT molecular complexity index is 304. The molecule has 1 saturated carbocycles. The molecule has 1 atom stereocenters. The predicted molar refractivity (Wildman–Crippen MR) is 63.1 cm³/mol. The molecule has 1 aliphatic carbocycles. The van der Waals surface area contributed by atoms with E-state index in [0.29, 0.717) is 17.2 Å². The summed E-state index contributed by atoms with van der Waals surface area (Å²) < 4.78 is 0. The molecule has 0 amide bonds. The van der Waals surface area contributed by atoms with Gasteiger partial charge in [0.2, 0.25) is 0 Å². The molecule has 0 radical (unpaired) electrons. The maximum atomic E-state index is 5.76. The summed E-state index contributed by atoms with van der Waals surface area (Å²) in [6.07, 6.45) is 7.21. The molecule has 1 heterocycles. The summed E-state index contributed by atoms with van der Waals surface area (Å²) in [5.41, 5.74) is 1.21. The molecule has 1 aliphatic rings. The second-order valence-electron chi connectivity index (χ2n) is 4.28. The second-order valence-corrected chi connectivity index (χ2v) is 4.67. The predicted octanol–water partition coefficient (Wildman–Crippen LogP) is 3.33. The Balaban J connectivity index is 1.94. The van der Waals surface area contributed by atoms with Gasteiger partial charge in [0.05, 0.1) is 0 Å². The van der Waals surface area contributed by atoms with E-state index in [9.17, 15) is 0 Å². The van der Waals surface area contributed by atoms with E-state index in [1.54, 1.807) is 0 Å². The highest BCUT2D eigenvalue weighted by Crippen LogP contribution is 2.22. The molecule has 3 heteroatoms.